The zero-order valence-electron chi connectivity index (χ0n) is 12.6. The molecule has 0 atom stereocenters. The number of hydrogen-bond donors (Lipinski definition) is 3. The molecule has 1 aromatic carbocycles. The van der Waals surface area contributed by atoms with Gasteiger partial charge in [0.2, 0.25) is 0 Å². The highest BCUT2D eigenvalue weighted by molar-refractivity contribution is 7.98. The lowest BCUT2D eigenvalue weighted by atomic mass is 9.84. The highest BCUT2D eigenvalue weighted by Gasteiger charge is 2.48. The van der Waals surface area contributed by atoms with Gasteiger partial charge in [-0.05, 0) is 62.1 Å². The average molecular weight is 329 g/mol. The Hall–Kier alpha value is -0.480. The van der Waals surface area contributed by atoms with E-state index in [1.165, 1.54) is 0 Å². The molecule has 1 aliphatic carbocycles. The highest BCUT2D eigenvalue weighted by Crippen LogP contribution is 2.58. The van der Waals surface area contributed by atoms with E-state index in [9.17, 15) is 14.4 Å². The second-order valence-corrected chi connectivity index (χ2v) is 8.60. The summed E-state index contributed by atoms with van der Waals surface area (Å²) in [6, 6.07) is 7.74. The molecule has 1 saturated carbocycles. The monoisotopic (exact) mass is 329 g/mol. The predicted molar refractivity (Wildman–Crippen MR) is 88.9 cm³/mol. The molecule has 1 fully saturated rings. The van der Waals surface area contributed by atoms with E-state index in [1.54, 1.807) is 11.8 Å². The average Bonchev–Trinajstić information content (AvgIpc) is 2.47. The fourth-order valence-electron chi connectivity index (χ4n) is 3.00. The van der Waals surface area contributed by atoms with Crippen LogP contribution in [0.5, 0.6) is 0 Å². The van der Waals surface area contributed by atoms with E-state index in [1.807, 2.05) is 30.5 Å². The maximum absolute atomic E-state index is 12.1. The Morgan fingerprint density at radius 1 is 1.29 bits per heavy atom. The molecule has 2 rings (SSSR count). The van der Waals surface area contributed by atoms with Gasteiger partial charge in [0.1, 0.15) is 5.28 Å². The van der Waals surface area contributed by atoms with Gasteiger partial charge in [-0.3, -0.25) is 4.57 Å². The van der Waals surface area contributed by atoms with Crippen molar-refractivity contribution in [2.24, 2.45) is 5.92 Å². The summed E-state index contributed by atoms with van der Waals surface area (Å²) in [5.74, 6) is 0.588. The van der Waals surface area contributed by atoms with Crippen molar-refractivity contribution >= 4 is 25.0 Å². The van der Waals surface area contributed by atoms with Gasteiger partial charge in [0.25, 0.3) is 0 Å². The van der Waals surface area contributed by atoms with Gasteiger partial charge in [-0.1, -0.05) is 13.3 Å². The predicted octanol–water partition coefficient (Wildman–Crippen LogP) is 4.29. The van der Waals surface area contributed by atoms with Crippen LogP contribution in [0.3, 0.4) is 0 Å². The van der Waals surface area contributed by atoms with Crippen LogP contribution in [0.2, 0.25) is 0 Å². The minimum Gasteiger partial charge on any atom is -0.369 e. The van der Waals surface area contributed by atoms with Crippen LogP contribution in [0, 0.1) is 5.92 Å². The summed E-state index contributed by atoms with van der Waals surface area (Å²) in [7, 11) is -4.21. The van der Waals surface area contributed by atoms with Crippen molar-refractivity contribution in [3.63, 3.8) is 0 Å². The van der Waals surface area contributed by atoms with Gasteiger partial charge in [0.05, 0.1) is 0 Å². The Bertz CT molecular complexity index is 506. The van der Waals surface area contributed by atoms with E-state index in [4.69, 9.17) is 0 Å². The zero-order valence-corrected chi connectivity index (χ0v) is 14.3. The number of nitrogens with one attached hydrogen (secondary N) is 1. The summed E-state index contributed by atoms with van der Waals surface area (Å²) in [5, 5.41) is 2.06. The molecule has 21 heavy (non-hydrogen) atoms. The normalized spacial score (nSPS) is 26.6. The van der Waals surface area contributed by atoms with Gasteiger partial charge in [-0.2, -0.15) is 0 Å². The van der Waals surface area contributed by atoms with Crippen LogP contribution in [0.4, 0.5) is 5.69 Å². The topological polar surface area (TPSA) is 69.6 Å². The summed E-state index contributed by atoms with van der Waals surface area (Å²) in [4.78, 5) is 20.9. The molecular formula is C15H24NO3PS. The lowest BCUT2D eigenvalue weighted by Crippen LogP contribution is -2.41. The highest BCUT2D eigenvalue weighted by atomic mass is 32.2. The number of rotatable bonds is 5. The summed E-state index contributed by atoms with van der Waals surface area (Å²) < 4.78 is 12.1. The van der Waals surface area contributed by atoms with E-state index < -0.39 is 12.9 Å². The van der Waals surface area contributed by atoms with Crippen molar-refractivity contribution in [1.29, 1.82) is 0 Å². The third kappa shape index (κ3) is 3.84. The van der Waals surface area contributed by atoms with Gasteiger partial charge in [0, 0.05) is 10.6 Å². The molecule has 4 nitrogen and oxygen atoms in total. The molecule has 3 N–H and O–H groups in total. The number of thioether (sulfide) groups is 1. The van der Waals surface area contributed by atoms with E-state index in [-0.39, 0.29) is 0 Å². The van der Waals surface area contributed by atoms with Crippen LogP contribution < -0.4 is 5.32 Å². The third-order valence-electron chi connectivity index (χ3n) is 4.53. The Morgan fingerprint density at radius 2 is 1.86 bits per heavy atom. The first-order chi connectivity index (χ1) is 9.90. The molecule has 0 spiro atoms. The second kappa shape index (κ2) is 6.74. The smallest absolute Gasteiger partial charge is 0.350 e. The summed E-state index contributed by atoms with van der Waals surface area (Å²) in [5.41, 5.74) is 0.783. The molecule has 0 amide bonds. The van der Waals surface area contributed by atoms with E-state index in [0.29, 0.717) is 18.8 Å². The van der Waals surface area contributed by atoms with Gasteiger partial charge in [-0.25, -0.2) is 0 Å². The molecule has 0 aromatic heterocycles. The molecule has 0 radical (unpaired) electrons. The van der Waals surface area contributed by atoms with Gasteiger partial charge >= 0.3 is 7.60 Å². The van der Waals surface area contributed by atoms with Crippen LogP contribution >= 0.6 is 19.4 Å². The second-order valence-electron chi connectivity index (χ2n) is 5.78. The first kappa shape index (κ1) is 16.9. The van der Waals surface area contributed by atoms with Crippen LogP contribution in [-0.4, -0.2) is 21.3 Å². The molecule has 0 unspecified atom stereocenters. The van der Waals surface area contributed by atoms with Crippen molar-refractivity contribution in [3.05, 3.63) is 24.3 Å². The Balaban J connectivity index is 2.19. The van der Waals surface area contributed by atoms with Gasteiger partial charge in [0.15, 0.2) is 0 Å². The molecule has 118 valence electrons. The zero-order chi connectivity index (χ0) is 15.5. The molecule has 0 saturated heterocycles. The SMILES string of the molecule is CCC1CCC(Nc2ccc(SC)cc2)(P(=O)(O)O)CC1. The molecule has 1 aromatic rings. The molecule has 0 bridgehead atoms. The minimum absolute atomic E-state index is 0.528. The maximum atomic E-state index is 12.1. The largest absolute Gasteiger partial charge is 0.369 e. The van der Waals surface area contributed by atoms with Crippen molar-refractivity contribution in [3.8, 4) is 0 Å². The van der Waals surface area contributed by atoms with Crippen LogP contribution in [-0.2, 0) is 4.57 Å². The van der Waals surface area contributed by atoms with Crippen molar-refractivity contribution in [2.45, 2.75) is 49.2 Å². The standard InChI is InChI=1S/C15H24NO3PS/c1-3-12-8-10-15(11-9-12,20(17,18)19)16-13-4-6-14(21-2)7-5-13/h4-7,12,16H,3,8-11H2,1-2H3,(H2,17,18,19). The summed E-state index contributed by atoms with van der Waals surface area (Å²) in [6.45, 7) is 2.14. The first-order valence-corrected chi connectivity index (χ1v) is 10.2. The fourth-order valence-corrected chi connectivity index (χ4v) is 4.52. The third-order valence-corrected chi connectivity index (χ3v) is 6.95. The van der Waals surface area contributed by atoms with E-state index in [0.717, 1.165) is 29.8 Å². The fraction of sp³-hybridized carbons (Fsp3) is 0.600. The van der Waals surface area contributed by atoms with Crippen molar-refractivity contribution in [2.75, 3.05) is 11.6 Å². The maximum Gasteiger partial charge on any atom is 0.350 e. The minimum atomic E-state index is -4.21. The quantitative estimate of drug-likeness (QED) is 0.555. The molecular weight excluding hydrogens is 305 g/mol. The van der Waals surface area contributed by atoms with Crippen LogP contribution in [0.15, 0.2) is 29.2 Å². The lowest BCUT2D eigenvalue weighted by Gasteiger charge is -2.41. The lowest BCUT2D eigenvalue weighted by molar-refractivity contribution is 0.254. The van der Waals surface area contributed by atoms with Crippen LogP contribution in [0.1, 0.15) is 39.0 Å². The number of anilines is 1. The number of hydrogen-bond acceptors (Lipinski definition) is 3. The van der Waals surface area contributed by atoms with Crippen molar-refractivity contribution < 1.29 is 14.4 Å². The van der Waals surface area contributed by atoms with E-state index >= 15 is 0 Å². The molecule has 0 heterocycles. The summed E-state index contributed by atoms with van der Waals surface area (Å²) >= 11 is 1.65. The first-order valence-electron chi connectivity index (χ1n) is 7.38. The molecule has 1 aliphatic rings. The Morgan fingerprint density at radius 3 is 2.29 bits per heavy atom. The van der Waals surface area contributed by atoms with Crippen LogP contribution in [0.25, 0.3) is 0 Å². The molecule has 6 heteroatoms. The molecule has 0 aliphatic heterocycles. The van der Waals surface area contributed by atoms with E-state index in [2.05, 4.69) is 12.2 Å². The Labute approximate surface area is 130 Å². The van der Waals surface area contributed by atoms with Crippen molar-refractivity contribution in [1.82, 2.24) is 0 Å². The number of benzene rings is 1. The van der Waals surface area contributed by atoms with Gasteiger partial charge < -0.3 is 15.1 Å². The summed E-state index contributed by atoms with van der Waals surface area (Å²) in [6.07, 6.45) is 5.89. The Kier molecular flexibility index (Phi) is 5.42. The van der Waals surface area contributed by atoms with Gasteiger partial charge in [-0.15, -0.1) is 11.8 Å².